The number of halogens is 1. The molecule has 2 aromatic rings. The van der Waals surface area contributed by atoms with Crippen LogP contribution in [0.3, 0.4) is 0 Å². The van der Waals surface area contributed by atoms with E-state index in [0.29, 0.717) is 23.2 Å². The smallest absolute Gasteiger partial charge is 0.355 e. The molecule has 0 aliphatic carbocycles. The van der Waals surface area contributed by atoms with Gasteiger partial charge in [-0.1, -0.05) is 25.4 Å². The summed E-state index contributed by atoms with van der Waals surface area (Å²) in [6, 6.07) is 5.51. The van der Waals surface area contributed by atoms with Crippen LogP contribution >= 0.6 is 11.6 Å². The van der Waals surface area contributed by atoms with Crippen molar-refractivity contribution < 1.29 is 9.53 Å². The van der Waals surface area contributed by atoms with E-state index in [1.807, 2.05) is 32.9 Å². The summed E-state index contributed by atoms with van der Waals surface area (Å²) in [6.07, 6.45) is 0. The number of fused-ring (bicyclic) bond motifs is 1. The highest BCUT2D eigenvalue weighted by molar-refractivity contribution is 6.31. The van der Waals surface area contributed by atoms with E-state index in [0.717, 1.165) is 16.5 Å². The van der Waals surface area contributed by atoms with Gasteiger partial charge in [-0.05, 0) is 36.6 Å². The summed E-state index contributed by atoms with van der Waals surface area (Å²) in [4.78, 5) is 15.0. The largest absolute Gasteiger partial charge is 0.461 e. The minimum absolute atomic E-state index is 0.312. The van der Waals surface area contributed by atoms with Crippen LogP contribution in [0.25, 0.3) is 10.9 Å². The van der Waals surface area contributed by atoms with E-state index in [2.05, 4.69) is 4.98 Å². The van der Waals surface area contributed by atoms with E-state index in [4.69, 9.17) is 16.3 Å². The number of carbonyl (C=O) groups excluding carboxylic acids is 1. The van der Waals surface area contributed by atoms with Crippen LogP contribution in [0.1, 0.15) is 29.9 Å². The molecule has 0 saturated heterocycles. The van der Waals surface area contributed by atoms with Crippen molar-refractivity contribution in [1.29, 1.82) is 0 Å². The van der Waals surface area contributed by atoms with Crippen LogP contribution in [0.4, 0.5) is 0 Å². The van der Waals surface area contributed by atoms with Crippen LogP contribution in [0.5, 0.6) is 0 Å². The number of aromatic amines is 1. The van der Waals surface area contributed by atoms with Gasteiger partial charge in [0.2, 0.25) is 0 Å². The number of hydrogen-bond acceptors (Lipinski definition) is 2. The predicted molar refractivity (Wildman–Crippen MR) is 73.2 cm³/mol. The van der Waals surface area contributed by atoms with Gasteiger partial charge < -0.3 is 9.72 Å². The van der Waals surface area contributed by atoms with Gasteiger partial charge in [-0.2, -0.15) is 0 Å². The Bertz CT molecular complexity index is 587. The van der Waals surface area contributed by atoms with Crippen molar-refractivity contribution in [3.05, 3.63) is 34.5 Å². The molecule has 0 fully saturated rings. The normalized spacial score (nSPS) is 11.2. The molecule has 0 bridgehead atoms. The molecule has 18 heavy (non-hydrogen) atoms. The summed E-state index contributed by atoms with van der Waals surface area (Å²) in [7, 11) is 0. The van der Waals surface area contributed by atoms with E-state index in [9.17, 15) is 4.79 Å². The molecule has 0 amide bonds. The van der Waals surface area contributed by atoms with Gasteiger partial charge in [0.15, 0.2) is 0 Å². The minimum atomic E-state index is -0.312. The van der Waals surface area contributed by atoms with E-state index < -0.39 is 0 Å². The van der Waals surface area contributed by atoms with E-state index >= 15 is 0 Å². The first-order valence-corrected chi connectivity index (χ1v) is 6.31. The lowest BCUT2D eigenvalue weighted by Gasteiger charge is -2.06. The maximum absolute atomic E-state index is 11.9. The fraction of sp³-hybridized carbons (Fsp3) is 0.357. The second-order valence-electron chi connectivity index (χ2n) is 4.81. The van der Waals surface area contributed by atoms with Gasteiger partial charge in [-0.25, -0.2) is 4.79 Å². The molecule has 0 radical (unpaired) electrons. The zero-order chi connectivity index (χ0) is 13.3. The van der Waals surface area contributed by atoms with E-state index in [1.165, 1.54) is 0 Å². The zero-order valence-corrected chi connectivity index (χ0v) is 11.5. The standard InChI is InChI=1S/C14H16ClNO2/c1-8(2)7-18-14(17)13-9(3)11-6-10(15)4-5-12(11)16-13/h4-6,8,16H,7H2,1-3H3. The fourth-order valence-electron chi connectivity index (χ4n) is 1.82. The Morgan fingerprint density at radius 3 is 2.83 bits per heavy atom. The SMILES string of the molecule is Cc1c(C(=O)OCC(C)C)[nH]c2ccc(Cl)cc12. The quantitative estimate of drug-likeness (QED) is 0.854. The Balaban J connectivity index is 2.34. The molecule has 1 heterocycles. The number of hydrogen-bond donors (Lipinski definition) is 1. The molecule has 0 aliphatic heterocycles. The number of H-pyrrole nitrogens is 1. The van der Waals surface area contributed by atoms with Crippen molar-refractivity contribution in [2.75, 3.05) is 6.61 Å². The third kappa shape index (κ3) is 2.51. The molecule has 0 unspecified atom stereocenters. The topological polar surface area (TPSA) is 42.1 Å². The summed E-state index contributed by atoms with van der Waals surface area (Å²) < 4.78 is 5.23. The van der Waals surface area contributed by atoms with Crippen LogP contribution in [0.15, 0.2) is 18.2 Å². The first-order valence-electron chi connectivity index (χ1n) is 5.94. The van der Waals surface area contributed by atoms with Crippen LogP contribution in [-0.2, 0) is 4.74 Å². The Hall–Kier alpha value is -1.48. The van der Waals surface area contributed by atoms with Crippen molar-refractivity contribution in [3.8, 4) is 0 Å². The number of carbonyl (C=O) groups is 1. The molecule has 0 spiro atoms. The van der Waals surface area contributed by atoms with Crippen molar-refractivity contribution in [2.45, 2.75) is 20.8 Å². The maximum atomic E-state index is 11.9. The van der Waals surface area contributed by atoms with Crippen molar-refractivity contribution in [3.63, 3.8) is 0 Å². The highest BCUT2D eigenvalue weighted by atomic mass is 35.5. The van der Waals surface area contributed by atoms with Crippen LogP contribution in [-0.4, -0.2) is 17.6 Å². The average molecular weight is 266 g/mol. The predicted octanol–water partition coefficient (Wildman–Crippen LogP) is 3.94. The van der Waals surface area contributed by atoms with Crippen molar-refractivity contribution in [2.24, 2.45) is 5.92 Å². The third-order valence-electron chi connectivity index (χ3n) is 2.77. The summed E-state index contributed by atoms with van der Waals surface area (Å²) in [5.74, 6) is 0.0154. The van der Waals surface area contributed by atoms with Gasteiger partial charge in [0, 0.05) is 15.9 Å². The van der Waals surface area contributed by atoms with Crippen LogP contribution in [0.2, 0.25) is 5.02 Å². The number of aryl methyl sites for hydroxylation is 1. The van der Waals surface area contributed by atoms with E-state index in [1.54, 1.807) is 6.07 Å². The number of esters is 1. The van der Waals surface area contributed by atoms with Crippen molar-refractivity contribution in [1.82, 2.24) is 4.98 Å². The van der Waals surface area contributed by atoms with Gasteiger partial charge in [0.05, 0.1) is 6.61 Å². The molecule has 1 aromatic carbocycles. The minimum Gasteiger partial charge on any atom is -0.461 e. The average Bonchev–Trinajstić information content (AvgIpc) is 2.64. The molecule has 3 nitrogen and oxygen atoms in total. The molecule has 1 aromatic heterocycles. The van der Waals surface area contributed by atoms with Crippen molar-refractivity contribution >= 4 is 28.5 Å². The third-order valence-corrected chi connectivity index (χ3v) is 3.01. The molecule has 96 valence electrons. The Kier molecular flexibility index (Phi) is 3.62. The van der Waals surface area contributed by atoms with Gasteiger partial charge in [0.25, 0.3) is 0 Å². The lowest BCUT2D eigenvalue weighted by molar-refractivity contribution is 0.0452. The molecule has 1 N–H and O–H groups in total. The number of ether oxygens (including phenoxy) is 1. The molecule has 0 aliphatic rings. The summed E-state index contributed by atoms with van der Waals surface area (Å²) in [5, 5.41) is 1.62. The summed E-state index contributed by atoms with van der Waals surface area (Å²) in [6.45, 7) is 6.33. The maximum Gasteiger partial charge on any atom is 0.355 e. The Morgan fingerprint density at radius 1 is 1.44 bits per heavy atom. The number of benzene rings is 1. The lowest BCUT2D eigenvalue weighted by atomic mass is 10.1. The zero-order valence-electron chi connectivity index (χ0n) is 10.7. The lowest BCUT2D eigenvalue weighted by Crippen LogP contribution is -2.11. The highest BCUT2D eigenvalue weighted by Crippen LogP contribution is 2.25. The molecule has 2 rings (SSSR count). The van der Waals surface area contributed by atoms with Gasteiger partial charge >= 0.3 is 5.97 Å². The summed E-state index contributed by atoms with van der Waals surface area (Å²) in [5.41, 5.74) is 2.28. The Morgan fingerprint density at radius 2 is 2.17 bits per heavy atom. The fourth-order valence-corrected chi connectivity index (χ4v) is 1.99. The second-order valence-corrected chi connectivity index (χ2v) is 5.24. The molecular weight excluding hydrogens is 250 g/mol. The number of nitrogens with one attached hydrogen (secondary N) is 1. The summed E-state index contributed by atoms with van der Waals surface area (Å²) >= 11 is 5.95. The molecular formula is C14H16ClNO2. The van der Waals surface area contributed by atoms with Gasteiger partial charge in [-0.15, -0.1) is 0 Å². The molecule has 4 heteroatoms. The number of aromatic nitrogens is 1. The van der Waals surface area contributed by atoms with Crippen LogP contribution < -0.4 is 0 Å². The monoisotopic (exact) mass is 265 g/mol. The Labute approximate surface area is 111 Å². The first kappa shape index (κ1) is 13.0. The molecule has 0 saturated carbocycles. The van der Waals surface area contributed by atoms with Gasteiger partial charge in [-0.3, -0.25) is 0 Å². The first-order chi connectivity index (χ1) is 8.49. The highest BCUT2D eigenvalue weighted by Gasteiger charge is 2.16. The second kappa shape index (κ2) is 5.02. The van der Waals surface area contributed by atoms with Gasteiger partial charge in [0.1, 0.15) is 5.69 Å². The molecule has 0 atom stereocenters. The van der Waals surface area contributed by atoms with E-state index in [-0.39, 0.29) is 5.97 Å². The van der Waals surface area contributed by atoms with Crippen LogP contribution in [0, 0.1) is 12.8 Å². The number of rotatable bonds is 3.